The Hall–Kier alpha value is -0.130. The zero-order chi connectivity index (χ0) is 9.42. The molecule has 5 heteroatoms. The molecule has 0 amide bonds. The molecule has 0 N–H and O–H groups in total. The van der Waals surface area contributed by atoms with Gasteiger partial charge in [0.05, 0.1) is 9.17 Å². The number of hydrogen-bond donors (Lipinski definition) is 0. The molecule has 0 radical (unpaired) electrons. The van der Waals surface area contributed by atoms with Crippen molar-refractivity contribution >= 4 is 53.5 Å². The van der Waals surface area contributed by atoms with Gasteiger partial charge in [-0.25, -0.2) is 4.99 Å². The first-order valence-electron chi connectivity index (χ1n) is 3.52. The van der Waals surface area contributed by atoms with E-state index in [0.29, 0.717) is 4.87 Å². The smallest absolute Gasteiger partial charge is 0.274 e. The normalized spacial score (nSPS) is 12.7. The summed E-state index contributed by atoms with van der Waals surface area (Å²) in [6.07, 6.45) is 0. The van der Waals surface area contributed by atoms with E-state index in [4.69, 9.17) is 4.42 Å². The van der Waals surface area contributed by atoms with Crippen molar-refractivity contribution in [1.82, 2.24) is 0 Å². The Balaban J connectivity index is 2.91. The lowest BCUT2D eigenvalue weighted by Gasteiger charge is -1.92. The van der Waals surface area contributed by atoms with Crippen molar-refractivity contribution in [3.05, 3.63) is 25.9 Å². The number of rotatable bonds is 0. The molecule has 0 fully saturated rings. The van der Waals surface area contributed by atoms with E-state index in [1.54, 1.807) is 7.05 Å². The third-order valence-electron chi connectivity index (χ3n) is 1.54. The van der Waals surface area contributed by atoms with Gasteiger partial charge in [-0.15, -0.1) is 0 Å². The molecule has 2 nitrogen and oxygen atoms in total. The van der Waals surface area contributed by atoms with Gasteiger partial charge < -0.3 is 4.42 Å². The van der Waals surface area contributed by atoms with E-state index in [0.717, 1.165) is 19.2 Å². The van der Waals surface area contributed by atoms with Crippen molar-refractivity contribution in [1.29, 1.82) is 0 Å². The summed E-state index contributed by atoms with van der Waals surface area (Å²) in [5.41, 5.74) is 0.855. The minimum atomic E-state index is 0.689. The molecular formula is C8H5Br2NOS. The van der Waals surface area contributed by atoms with Crippen LogP contribution in [-0.2, 0) is 0 Å². The lowest BCUT2D eigenvalue weighted by Crippen LogP contribution is -1.85. The second kappa shape index (κ2) is 3.55. The standard InChI is InChI=1S/C8H5Br2NOS/c1-11-8-12-7-5(10)2-4(9)3-6(7)13-8/h2-3H,1H3. The second-order valence-corrected chi connectivity index (χ2v) is 5.17. The predicted molar refractivity (Wildman–Crippen MR) is 61.0 cm³/mol. The topological polar surface area (TPSA) is 25.5 Å². The van der Waals surface area contributed by atoms with Gasteiger partial charge in [0.15, 0.2) is 5.58 Å². The maximum absolute atomic E-state index is 5.49. The van der Waals surface area contributed by atoms with Crippen molar-refractivity contribution < 1.29 is 4.42 Å². The van der Waals surface area contributed by atoms with E-state index in [9.17, 15) is 0 Å². The molecule has 2 rings (SSSR count). The van der Waals surface area contributed by atoms with E-state index < -0.39 is 0 Å². The van der Waals surface area contributed by atoms with E-state index in [2.05, 4.69) is 36.9 Å². The van der Waals surface area contributed by atoms with Crippen molar-refractivity contribution in [3.8, 4) is 0 Å². The van der Waals surface area contributed by atoms with Crippen LogP contribution >= 0.6 is 43.2 Å². The van der Waals surface area contributed by atoms with Crippen LogP contribution in [-0.4, -0.2) is 7.05 Å². The van der Waals surface area contributed by atoms with Crippen LogP contribution in [0.3, 0.4) is 0 Å². The van der Waals surface area contributed by atoms with Crippen LogP contribution in [0.15, 0.2) is 30.5 Å². The Morgan fingerprint density at radius 3 is 2.85 bits per heavy atom. The summed E-state index contributed by atoms with van der Waals surface area (Å²) in [6.45, 7) is 0. The Kier molecular flexibility index (Phi) is 2.58. The molecule has 2 aromatic rings. The fraction of sp³-hybridized carbons (Fsp3) is 0.125. The summed E-state index contributed by atoms with van der Waals surface area (Å²) in [7, 11) is 1.72. The zero-order valence-electron chi connectivity index (χ0n) is 6.67. The van der Waals surface area contributed by atoms with Crippen LogP contribution < -0.4 is 4.87 Å². The van der Waals surface area contributed by atoms with Gasteiger partial charge in [0.1, 0.15) is 0 Å². The molecule has 0 aliphatic heterocycles. The third-order valence-corrected chi connectivity index (χ3v) is 3.55. The highest BCUT2D eigenvalue weighted by Crippen LogP contribution is 2.29. The molecule has 0 saturated heterocycles. The predicted octanol–water partition coefficient (Wildman–Crippen LogP) is 3.55. The van der Waals surface area contributed by atoms with Crippen molar-refractivity contribution in [2.75, 3.05) is 7.05 Å². The molecule has 0 bridgehead atoms. The average molecular weight is 323 g/mol. The van der Waals surface area contributed by atoms with Crippen molar-refractivity contribution in [2.45, 2.75) is 0 Å². The summed E-state index contributed by atoms with van der Waals surface area (Å²) in [4.78, 5) is 4.68. The molecule has 13 heavy (non-hydrogen) atoms. The summed E-state index contributed by atoms with van der Waals surface area (Å²) in [6, 6.07) is 3.97. The number of halogens is 2. The monoisotopic (exact) mass is 321 g/mol. The van der Waals surface area contributed by atoms with Gasteiger partial charge in [-0.3, -0.25) is 0 Å². The molecule has 68 valence electrons. The van der Waals surface area contributed by atoms with Crippen LogP contribution in [0.25, 0.3) is 10.3 Å². The SMILES string of the molecule is CN=c1oc2c(Br)cc(Br)cc2s1. The first-order valence-corrected chi connectivity index (χ1v) is 5.92. The van der Waals surface area contributed by atoms with Crippen LogP contribution in [0.2, 0.25) is 0 Å². The van der Waals surface area contributed by atoms with E-state index in [1.807, 2.05) is 12.1 Å². The molecule has 0 unspecified atom stereocenters. The highest BCUT2D eigenvalue weighted by molar-refractivity contribution is 9.11. The highest BCUT2D eigenvalue weighted by Gasteiger charge is 2.05. The largest absolute Gasteiger partial charge is 0.428 e. The van der Waals surface area contributed by atoms with Crippen molar-refractivity contribution in [3.63, 3.8) is 0 Å². The van der Waals surface area contributed by atoms with Gasteiger partial charge in [0.25, 0.3) is 4.87 Å². The Morgan fingerprint density at radius 2 is 2.15 bits per heavy atom. The highest BCUT2D eigenvalue weighted by atomic mass is 79.9. The molecule has 1 aromatic heterocycles. The average Bonchev–Trinajstić information content (AvgIpc) is 2.47. The maximum Gasteiger partial charge on any atom is 0.274 e. The Labute approximate surface area is 95.6 Å². The molecule has 0 saturated carbocycles. The first-order chi connectivity index (χ1) is 6.20. The maximum atomic E-state index is 5.49. The number of benzene rings is 1. The number of hydrogen-bond acceptors (Lipinski definition) is 3. The molecule has 0 aliphatic carbocycles. The summed E-state index contributed by atoms with van der Waals surface area (Å²) in [5, 5.41) is 0. The minimum Gasteiger partial charge on any atom is -0.428 e. The molecule has 0 spiro atoms. The summed E-state index contributed by atoms with van der Waals surface area (Å²) in [5.74, 6) is 0. The van der Waals surface area contributed by atoms with Gasteiger partial charge in [-0.05, 0) is 28.1 Å². The minimum absolute atomic E-state index is 0.689. The molecule has 0 aliphatic rings. The lowest BCUT2D eigenvalue weighted by atomic mass is 10.3. The zero-order valence-corrected chi connectivity index (χ0v) is 10.7. The molecule has 0 atom stereocenters. The quantitative estimate of drug-likeness (QED) is 0.728. The van der Waals surface area contributed by atoms with Gasteiger partial charge >= 0.3 is 0 Å². The fourth-order valence-corrected chi connectivity index (χ4v) is 3.43. The van der Waals surface area contributed by atoms with E-state index in [1.165, 1.54) is 11.3 Å². The van der Waals surface area contributed by atoms with E-state index in [-0.39, 0.29) is 0 Å². The van der Waals surface area contributed by atoms with E-state index >= 15 is 0 Å². The summed E-state index contributed by atoms with van der Waals surface area (Å²) >= 11 is 8.38. The van der Waals surface area contributed by atoms with Gasteiger partial charge in [0, 0.05) is 11.5 Å². The van der Waals surface area contributed by atoms with Crippen LogP contribution in [0.4, 0.5) is 0 Å². The molecule has 1 aromatic carbocycles. The lowest BCUT2D eigenvalue weighted by molar-refractivity contribution is 0.565. The van der Waals surface area contributed by atoms with Crippen molar-refractivity contribution in [2.24, 2.45) is 4.99 Å². The van der Waals surface area contributed by atoms with Gasteiger partial charge in [-0.2, -0.15) is 0 Å². The molecular weight excluding hydrogens is 318 g/mol. The number of nitrogens with zero attached hydrogens (tertiary/aromatic N) is 1. The summed E-state index contributed by atoms with van der Waals surface area (Å²) < 4.78 is 8.55. The van der Waals surface area contributed by atoms with Gasteiger partial charge in [-0.1, -0.05) is 27.3 Å². The number of fused-ring (bicyclic) bond motifs is 1. The second-order valence-electron chi connectivity index (χ2n) is 2.41. The molecule has 1 heterocycles. The van der Waals surface area contributed by atoms with Crippen LogP contribution in [0.1, 0.15) is 0 Å². The van der Waals surface area contributed by atoms with Crippen LogP contribution in [0, 0.1) is 0 Å². The fourth-order valence-electron chi connectivity index (χ4n) is 1.01. The third kappa shape index (κ3) is 1.73. The Morgan fingerprint density at radius 1 is 1.38 bits per heavy atom. The Bertz CT molecular complexity index is 514. The first kappa shape index (κ1) is 9.43. The van der Waals surface area contributed by atoms with Gasteiger partial charge in [0.2, 0.25) is 0 Å². The van der Waals surface area contributed by atoms with Crippen LogP contribution in [0.5, 0.6) is 0 Å².